The van der Waals surface area contributed by atoms with Crippen LogP contribution < -0.4 is 9.80 Å². The van der Waals surface area contributed by atoms with E-state index >= 15 is 0 Å². The predicted molar refractivity (Wildman–Crippen MR) is 162 cm³/mol. The number of carbonyl (C=O) groups is 2. The van der Waals surface area contributed by atoms with Crippen LogP contribution in [0, 0.1) is 13.8 Å². The number of alkyl halides is 2. The number of thiophene rings is 1. The molecule has 4 aromatic rings. The van der Waals surface area contributed by atoms with Crippen molar-refractivity contribution in [3.8, 4) is 5.75 Å². The number of benzene rings is 3. The Morgan fingerprint density at radius 1 is 0.949 bits per heavy atom. The Bertz CT molecular complexity index is 1900. The first kappa shape index (κ1) is 20.1. The molecule has 8 heteroatoms. The van der Waals surface area contributed by atoms with Crippen LogP contribution in [0.4, 0.5) is 11.4 Å². The van der Waals surface area contributed by atoms with Gasteiger partial charge < -0.3 is 14.9 Å². The second kappa shape index (κ2) is 10.3. The summed E-state index contributed by atoms with van der Waals surface area (Å²) in [5.41, 5.74) is 3.80. The third-order valence-electron chi connectivity index (χ3n) is 7.68. The summed E-state index contributed by atoms with van der Waals surface area (Å²) in [7, 11) is 0. The zero-order valence-electron chi connectivity index (χ0n) is 27.3. The lowest BCUT2D eigenvalue weighted by atomic mass is 9.95. The lowest BCUT2D eigenvalue weighted by Crippen LogP contribution is -2.32. The Kier molecular flexibility index (Phi) is 5.32. The number of carbonyl (C=O) groups excluding carboxylic acids is 2. The van der Waals surface area contributed by atoms with Gasteiger partial charge in [0, 0.05) is 84.9 Å². The summed E-state index contributed by atoms with van der Waals surface area (Å²) in [5.74, 6) is -3.43. The summed E-state index contributed by atoms with van der Waals surface area (Å²) in [5, 5.41) is 14.8. The van der Waals surface area contributed by atoms with Crippen molar-refractivity contribution in [2.24, 2.45) is 0 Å². The highest BCUT2D eigenvalue weighted by Gasteiger charge is 2.36. The van der Waals surface area contributed by atoms with Crippen molar-refractivity contribution in [3.63, 3.8) is 0 Å². The van der Waals surface area contributed by atoms with Crippen LogP contribution in [0.1, 0.15) is 61.4 Å². The van der Waals surface area contributed by atoms with Gasteiger partial charge in [-0.25, -0.2) is 0 Å². The fourth-order valence-corrected chi connectivity index (χ4v) is 7.48. The largest absolute Gasteiger partial charge is 0.507 e. The molecule has 39 heavy (non-hydrogen) atoms. The maximum Gasteiger partial charge on any atom is 0.227 e. The van der Waals surface area contributed by atoms with E-state index in [0.717, 1.165) is 36.6 Å². The summed E-state index contributed by atoms with van der Waals surface area (Å²) in [6, 6.07) is 10.0. The monoisotopic (exact) mass is 586 g/mol. The highest BCUT2D eigenvalue weighted by molar-refractivity contribution is 7.17. The van der Waals surface area contributed by atoms with Crippen LogP contribution in [0.3, 0.4) is 0 Å². The van der Waals surface area contributed by atoms with Crippen molar-refractivity contribution in [2.75, 3.05) is 34.6 Å². The number of hydrogen-bond donors (Lipinski definition) is 1. The van der Waals surface area contributed by atoms with Crippen LogP contribution in [0.15, 0.2) is 41.8 Å². The van der Waals surface area contributed by atoms with E-state index < -0.39 is 36.9 Å². The zero-order valence-corrected chi connectivity index (χ0v) is 23.7. The molecule has 0 radical (unpaired) electrons. The second-order valence-electron chi connectivity index (χ2n) is 10.0. The van der Waals surface area contributed by atoms with Gasteiger partial charge in [0.25, 0.3) is 0 Å². The van der Waals surface area contributed by atoms with Crippen LogP contribution >= 0.6 is 34.5 Å². The zero-order chi connectivity index (χ0) is 32.8. The molecule has 3 aromatic carbocycles. The van der Waals surface area contributed by atoms with E-state index in [1.165, 1.54) is 6.07 Å². The first-order chi connectivity index (χ1) is 21.1. The Balaban J connectivity index is 1.38. The highest BCUT2D eigenvalue weighted by atomic mass is 35.5. The minimum absolute atomic E-state index is 0.0126. The van der Waals surface area contributed by atoms with Crippen LogP contribution in [0.2, 0.25) is 0 Å². The number of rotatable bonds is 6. The van der Waals surface area contributed by atoms with Gasteiger partial charge in [-0.3, -0.25) is 9.59 Å². The maximum absolute atomic E-state index is 14.0. The van der Waals surface area contributed by atoms with Crippen LogP contribution in [0.5, 0.6) is 5.75 Å². The van der Waals surface area contributed by atoms with E-state index in [2.05, 4.69) is 0 Å². The van der Waals surface area contributed by atoms with E-state index in [1.807, 2.05) is 19.2 Å². The predicted octanol–water partition coefficient (Wildman–Crippen LogP) is 7.59. The second-order valence-corrected chi connectivity index (χ2v) is 11.5. The molecule has 2 aliphatic heterocycles. The van der Waals surface area contributed by atoms with Gasteiger partial charge in [0.15, 0.2) is 0 Å². The summed E-state index contributed by atoms with van der Waals surface area (Å²) < 4.78 is 53.6. The number of aryl methyl sites for hydroxylation is 2. The number of phenolic OH excluding ortho intramolecular Hbond substituents is 1. The molecule has 0 spiro atoms. The molecule has 2 aliphatic rings. The standard InChI is InChI=1S/C31H30Cl2N2O3S/c1-17-10-23-30(28-18(2)16-39-31(17)28)20(13-33)15-34(23)26(37)8-5-9-27(38)35-14-19(12-32)29-22-7-4-3-6-21(22)25(36)11-24(29)35/h3-4,6-7,10-11,16,19-20,36H,5,8-9,12-15H2,1-2H3/t19-,20-/m1/s1/i5D2,8D2,9D2. The Hall–Kier alpha value is -2.80. The maximum atomic E-state index is 14.0. The van der Waals surface area contributed by atoms with E-state index in [-0.39, 0.29) is 42.2 Å². The molecule has 0 fully saturated rings. The number of anilines is 2. The molecule has 0 aliphatic carbocycles. The average Bonchev–Trinajstić information content (AvgIpc) is 3.69. The third-order valence-corrected chi connectivity index (χ3v) is 9.66. The molecule has 1 aromatic heterocycles. The van der Waals surface area contributed by atoms with Crippen molar-refractivity contribution in [3.05, 3.63) is 64.0 Å². The van der Waals surface area contributed by atoms with E-state index in [0.29, 0.717) is 22.0 Å². The molecule has 3 heterocycles. The summed E-state index contributed by atoms with van der Waals surface area (Å²) in [6.45, 7) is 3.70. The summed E-state index contributed by atoms with van der Waals surface area (Å²) in [4.78, 5) is 30.1. The molecule has 0 saturated heterocycles. The van der Waals surface area contributed by atoms with Crippen molar-refractivity contribution in [1.29, 1.82) is 0 Å². The third kappa shape index (κ3) is 4.28. The fourth-order valence-electron chi connectivity index (χ4n) is 5.93. The van der Waals surface area contributed by atoms with Crippen LogP contribution in [0.25, 0.3) is 20.9 Å². The smallest absolute Gasteiger partial charge is 0.227 e. The number of amides is 2. The lowest BCUT2D eigenvalue weighted by Gasteiger charge is -2.20. The van der Waals surface area contributed by atoms with Gasteiger partial charge in [-0.05, 0) is 59.3 Å². The number of nitrogens with zero attached hydrogens (tertiary/aromatic N) is 2. The minimum atomic E-state index is -3.62. The van der Waals surface area contributed by atoms with Gasteiger partial charge in [-0.15, -0.1) is 34.5 Å². The van der Waals surface area contributed by atoms with Crippen LogP contribution in [-0.2, 0) is 9.59 Å². The molecular weight excluding hydrogens is 551 g/mol. The van der Waals surface area contributed by atoms with E-state index in [9.17, 15) is 14.7 Å². The summed E-state index contributed by atoms with van der Waals surface area (Å²) in [6.07, 6.45) is -10.6. The van der Waals surface area contributed by atoms with Crippen molar-refractivity contribution < 1.29 is 22.9 Å². The highest BCUT2D eigenvalue weighted by Crippen LogP contribution is 2.47. The topological polar surface area (TPSA) is 60.9 Å². The number of hydrogen-bond acceptors (Lipinski definition) is 4. The quantitative estimate of drug-likeness (QED) is 0.237. The Morgan fingerprint density at radius 2 is 1.54 bits per heavy atom. The van der Waals surface area contributed by atoms with Gasteiger partial charge in [-0.2, -0.15) is 0 Å². The molecule has 1 N–H and O–H groups in total. The molecular formula is C31H30Cl2N2O3S. The van der Waals surface area contributed by atoms with E-state index in [1.54, 1.807) is 41.7 Å². The minimum Gasteiger partial charge on any atom is -0.507 e. The number of fused-ring (bicyclic) bond motifs is 6. The first-order valence-corrected chi connectivity index (χ1v) is 14.6. The van der Waals surface area contributed by atoms with Crippen LogP contribution in [-0.4, -0.2) is 41.8 Å². The lowest BCUT2D eigenvalue weighted by molar-refractivity contribution is -0.119. The fraction of sp³-hybridized carbons (Fsp3) is 0.355. The van der Waals surface area contributed by atoms with Gasteiger partial charge in [0.05, 0.1) is 5.69 Å². The van der Waals surface area contributed by atoms with Crippen molar-refractivity contribution >= 4 is 78.6 Å². The molecule has 0 bridgehead atoms. The average molecular weight is 588 g/mol. The molecule has 6 rings (SSSR count). The molecule has 2 atom stereocenters. The number of halogens is 2. The first-order valence-electron chi connectivity index (χ1n) is 15.6. The van der Waals surface area contributed by atoms with Gasteiger partial charge in [-0.1, -0.05) is 24.3 Å². The normalized spacial score (nSPS) is 21.6. The van der Waals surface area contributed by atoms with Gasteiger partial charge >= 0.3 is 0 Å². The SMILES string of the molecule is [2H]C([2H])(C(=O)N1C[C@@H](CCl)c2c1cc(O)c1ccccc21)C([2H])([2H])C([2H])([2H])C(=O)N1C[C@@H](CCl)c2c1cc(C)c1scc(C)c21. The van der Waals surface area contributed by atoms with Gasteiger partial charge in [0.2, 0.25) is 11.8 Å². The number of phenols is 1. The Labute approximate surface area is 250 Å². The number of aromatic hydroxyl groups is 1. The van der Waals surface area contributed by atoms with E-state index in [4.69, 9.17) is 31.4 Å². The molecule has 2 amide bonds. The van der Waals surface area contributed by atoms with Gasteiger partial charge in [0.1, 0.15) is 5.75 Å². The molecule has 0 unspecified atom stereocenters. The molecule has 202 valence electrons. The molecule has 5 nitrogen and oxygen atoms in total. The molecule has 0 saturated carbocycles. The van der Waals surface area contributed by atoms with Crippen molar-refractivity contribution in [1.82, 2.24) is 0 Å². The Morgan fingerprint density at radius 3 is 2.18 bits per heavy atom. The summed E-state index contributed by atoms with van der Waals surface area (Å²) >= 11 is 14.2. The van der Waals surface area contributed by atoms with Crippen molar-refractivity contribution in [2.45, 2.75) is 44.8 Å².